The number of piperidine rings is 2. The average Bonchev–Trinajstić information content (AvgIpc) is 3.72. The summed E-state index contributed by atoms with van der Waals surface area (Å²) in [7, 11) is 0. The number of benzene rings is 1. The number of hydrogen-bond acceptors (Lipinski definition) is 9. The number of pyridine rings is 1. The summed E-state index contributed by atoms with van der Waals surface area (Å²) >= 11 is 0. The molecule has 0 bridgehead atoms. The first-order chi connectivity index (χ1) is 26.2. The predicted octanol–water partition coefficient (Wildman–Crippen LogP) is 4.97. The fraction of sp³-hybridized carbons (Fsp3) is 0.444. The Morgan fingerprint density at radius 2 is 1.82 bits per heavy atom. The van der Waals surface area contributed by atoms with E-state index in [2.05, 4.69) is 35.7 Å². The molecule has 2 atom stereocenters. The van der Waals surface area contributed by atoms with Crippen molar-refractivity contribution in [3.8, 4) is 0 Å². The van der Waals surface area contributed by atoms with E-state index in [1.807, 2.05) is 15.8 Å². The molecule has 1 aliphatic carbocycles. The molecule has 3 amide bonds. The molecule has 0 radical (unpaired) electrons. The number of rotatable bonds is 7. The molecule has 8 rings (SSSR count). The van der Waals surface area contributed by atoms with Crippen LogP contribution in [0.5, 0.6) is 0 Å². The maximum atomic E-state index is 16.0. The van der Waals surface area contributed by atoms with Gasteiger partial charge in [0, 0.05) is 24.5 Å². The highest BCUT2D eigenvalue weighted by Crippen LogP contribution is 2.43. The average molecular weight is 767 g/mol. The van der Waals surface area contributed by atoms with Crippen molar-refractivity contribution in [2.45, 2.75) is 75.0 Å². The van der Waals surface area contributed by atoms with E-state index in [0.717, 1.165) is 31.9 Å². The fourth-order valence-corrected chi connectivity index (χ4v) is 8.20. The number of halogens is 5. The summed E-state index contributed by atoms with van der Waals surface area (Å²) in [5.41, 5.74) is -0.857. The normalized spacial score (nSPS) is 23.6. The number of para-hydroxylation sites is 1. The third kappa shape index (κ3) is 7.19. The molecule has 3 aliphatic rings. The Bertz CT molecular complexity index is 2360. The molecule has 1 aromatic carbocycles. The molecule has 5 aromatic rings. The minimum absolute atomic E-state index is 0.0596. The maximum absolute atomic E-state index is 16.0. The van der Waals surface area contributed by atoms with Crippen LogP contribution in [0.1, 0.15) is 84.7 Å². The molecule has 3 N–H and O–H groups in total. The lowest BCUT2D eigenvalue weighted by atomic mass is 9.83. The smallest absolute Gasteiger partial charge is 0.305 e. The van der Waals surface area contributed by atoms with Gasteiger partial charge in [-0.25, -0.2) is 23.5 Å². The number of imide groups is 1. The van der Waals surface area contributed by atoms with Gasteiger partial charge in [-0.05, 0) is 68.7 Å². The highest BCUT2D eigenvalue weighted by atomic mass is 19.4. The molecule has 2 saturated heterocycles. The number of anilines is 1. The number of nitrogens with one attached hydrogen (secondary N) is 3. The Hall–Kier alpha value is -5.59. The lowest BCUT2D eigenvalue weighted by molar-refractivity contribution is -0.141. The van der Waals surface area contributed by atoms with Gasteiger partial charge in [-0.15, -0.1) is 0 Å². The minimum atomic E-state index is -4.75. The number of likely N-dealkylation sites (tertiary alicyclic amines) is 1. The zero-order valence-corrected chi connectivity index (χ0v) is 29.2. The van der Waals surface area contributed by atoms with Gasteiger partial charge in [0.25, 0.3) is 11.8 Å². The van der Waals surface area contributed by atoms with Crippen molar-refractivity contribution < 1.29 is 36.3 Å². The molecular weight excluding hydrogens is 731 g/mol. The quantitative estimate of drug-likeness (QED) is 0.153. The van der Waals surface area contributed by atoms with Crippen LogP contribution in [-0.4, -0.2) is 82.5 Å². The van der Waals surface area contributed by atoms with Crippen LogP contribution in [0.25, 0.3) is 21.9 Å². The highest BCUT2D eigenvalue weighted by molar-refractivity contribution is 6.03. The molecule has 14 nitrogen and oxygen atoms in total. The van der Waals surface area contributed by atoms with Crippen LogP contribution in [-0.2, 0) is 15.8 Å². The van der Waals surface area contributed by atoms with Crippen LogP contribution >= 0.6 is 0 Å². The van der Waals surface area contributed by atoms with Crippen molar-refractivity contribution in [3.05, 3.63) is 76.5 Å². The Morgan fingerprint density at radius 1 is 1.02 bits per heavy atom. The van der Waals surface area contributed by atoms with E-state index in [9.17, 15) is 32.3 Å². The standard InChI is InChI=1S/C36H35F5N10O4/c37-35(38)18-49(11-10-23(35)22-2-1-3-26-31(22)47-34(55)51(26)27-8-9-30(52)46-33(27)54)16-19-4-6-21(7-5-19)50-17-20-12-29(43-14-24(20)48-50)45-32(53)25-13-42-15-28(44-25)36(39,40)41/h1-3,12-15,17,19,21,23,27H,4-11,16,18H2,(H,45,53)(H,47,55)(H,46,52,54)/t19?,21?,23-,27?/m1/s1. The third-order valence-electron chi connectivity index (χ3n) is 10.9. The summed E-state index contributed by atoms with van der Waals surface area (Å²) in [6.07, 6.45) is 3.55. The monoisotopic (exact) mass is 766 g/mol. The molecule has 3 fully saturated rings. The lowest BCUT2D eigenvalue weighted by Crippen LogP contribution is -2.49. The molecule has 0 spiro atoms. The fourth-order valence-electron chi connectivity index (χ4n) is 8.20. The number of imidazole rings is 1. The van der Waals surface area contributed by atoms with Crippen molar-refractivity contribution >= 4 is 45.5 Å². The van der Waals surface area contributed by atoms with Gasteiger partial charge in [-0.2, -0.15) is 18.3 Å². The van der Waals surface area contributed by atoms with Crippen molar-refractivity contribution in [1.29, 1.82) is 0 Å². The molecule has 2 aliphatic heterocycles. The lowest BCUT2D eigenvalue weighted by Gasteiger charge is -2.41. The number of hydrogen-bond donors (Lipinski definition) is 3. The molecule has 55 heavy (non-hydrogen) atoms. The van der Waals surface area contributed by atoms with E-state index in [1.165, 1.54) is 10.8 Å². The summed E-state index contributed by atoms with van der Waals surface area (Å²) in [5, 5.41) is 10.0. The zero-order chi connectivity index (χ0) is 38.6. The second kappa shape index (κ2) is 13.9. The van der Waals surface area contributed by atoms with Crippen molar-refractivity contribution in [2.24, 2.45) is 5.92 Å². The van der Waals surface area contributed by atoms with Crippen molar-refractivity contribution in [1.82, 2.24) is 44.5 Å². The van der Waals surface area contributed by atoms with Crippen molar-refractivity contribution in [3.63, 3.8) is 0 Å². The van der Waals surface area contributed by atoms with E-state index >= 15 is 8.78 Å². The second-order valence-electron chi connectivity index (χ2n) is 14.5. The van der Waals surface area contributed by atoms with Crippen LogP contribution < -0.4 is 16.3 Å². The number of nitrogens with zero attached hydrogens (tertiary/aromatic N) is 7. The number of alkyl halides is 5. The Morgan fingerprint density at radius 3 is 2.56 bits per heavy atom. The van der Waals surface area contributed by atoms with Gasteiger partial charge in [0.1, 0.15) is 23.1 Å². The summed E-state index contributed by atoms with van der Waals surface area (Å²) in [6, 6.07) is 5.55. The van der Waals surface area contributed by atoms with Crippen LogP contribution in [0.15, 0.2) is 53.8 Å². The van der Waals surface area contributed by atoms with Crippen LogP contribution in [0, 0.1) is 5.92 Å². The Labute approximate surface area is 308 Å². The Balaban J connectivity index is 0.878. The van der Waals surface area contributed by atoms with Crippen molar-refractivity contribution in [2.75, 3.05) is 25.0 Å². The third-order valence-corrected chi connectivity index (χ3v) is 10.9. The first kappa shape index (κ1) is 36.4. The zero-order valence-electron chi connectivity index (χ0n) is 29.2. The SMILES string of the molecule is O=C1CCC(n2c(=O)[nH]c3c([C@H]4CCN(CC5CCC(n6cc7cc(NC(=O)c8cncc(C(F)(F)F)n8)ncc7n6)CC5)CC4(F)F)cccc32)C(=O)N1. The van der Waals surface area contributed by atoms with E-state index < -0.39 is 65.4 Å². The van der Waals surface area contributed by atoms with Gasteiger partial charge < -0.3 is 10.3 Å². The topological polar surface area (TPSA) is 173 Å². The molecule has 6 heterocycles. The summed E-state index contributed by atoms with van der Waals surface area (Å²) in [4.78, 5) is 65.3. The van der Waals surface area contributed by atoms with Crippen LogP contribution in [0.4, 0.5) is 27.8 Å². The molecular formula is C36H35F5N10O4. The van der Waals surface area contributed by atoms with E-state index in [-0.39, 0.29) is 42.6 Å². The summed E-state index contributed by atoms with van der Waals surface area (Å²) in [6.45, 7) is 0.542. The van der Waals surface area contributed by atoms with Gasteiger partial charge in [0.15, 0.2) is 5.69 Å². The molecule has 1 unspecified atom stereocenters. The number of carbonyl (C=O) groups excluding carboxylic acids is 3. The molecule has 19 heteroatoms. The largest absolute Gasteiger partial charge is 0.434 e. The second-order valence-corrected chi connectivity index (χ2v) is 14.5. The van der Waals surface area contributed by atoms with Gasteiger partial charge in [-0.3, -0.25) is 38.8 Å². The number of carbonyl (C=O) groups is 3. The number of fused-ring (bicyclic) bond motifs is 2. The van der Waals surface area contributed by atoms with Gasteiger partial charge >= 0.3 is 11.9 Å². The van der Waals surface area contributed by atoms with Gasteiger partial charge in [0.2, 0.25) is 11.8 Å². The predicted molar refractivity (Wildman–Crippen MR) is 186 cm³/mol. The summed E-state index contributed by atoms with van der Waals surface area (Å²) < 4.78 is 74.0. The van der Waals surface area contributed by atoms with Crippen LogP contribution in [0.3, 0.4) is 0 Å². The number of aromatic nitrogens is 7. The van der Waals surface area contributed by atoms with Crippen LogP contribution in [0.2, 0.25) is 0 Å². The minimum Gasteiger partial charge on any atom is -0.305 e. The number of amides is 3. The number of H-pyrrole nitrogens is 1. The Kier molecular flexibility index (Phi) is 9.21. The maximum Gasteiger partial charge on any atom is 0.434 e. The molecule has 288 valence electrons. The summed E-state index contributed by atoms with van der Waals surface area (Å²) in [5.74, 6) is -5.81. The number of aromatic amines is 1. The van der Waals surface area contributed by atoms with E-state index in [1.54, 1.807) is 24.3 Å². The van der Waals surface area contributed by atoms with Gasteiger partial charge in [0.05, 0.1) is 48.1 Å². The molecule has 1 saturated carbocycles. The first-order valence-corrected chi connectivity index (χ1v) is 18.0. The highest BCUT2D eigenvalue weighted by Gasteiger charge is 2.47. The van der Waals surface area contributed by atoms with E-state index in [4.69, 9.17) is 0 Å². The first-order valence-electron chi connectivity index (χ1n) is 18.0. The van der Waals surface area contributed by atoms with E-state index in [0.29, 0.717) is 41.3 Å². The molecule has 4 aromatic heterocycles. The van der Waals surface area contributed by atoms with Gasteiger partial charge in [-0.1, -0.05) is 12.1 Å².